The minimum Gasteiger partial charge on any atom is -0.457 e. The molecule has 2 atom stereocenters. The van der Waals surface area contributed by atoms with Crippen LogP contribution in [0.1, 0.15) is 51.5 Å². The van der Waals surface area contributed by atoms with Crippen LogP contribution in [-0.2, 0) is 4.79 Å². The van der Waals surface area contributed by atoms with Gasteiger partial charge in [0.25, 0.3) is 0 Å². The third-order valence-corrected chi connectivity index (χ3v) is 6.08. The van der Waals surface area contributed by atoms with Gasteiger partial charge < -0.3 is 9.64 Å². The van der Waals surface area contributed by atoms with E-state index in [-0.39, 0.29) is 16.7 Å². The standard InChI is InChI=1S/C24H31NO2S/c1-18(17-24(2,3)4)15-22(26)25-13-14-28-23(25)19-9-8-12-21(16-19)27-20-10-6-5-7-11-20/h5-12,16,18,23H,13-15,17H2,1-4H3/t18-,23+/m1/s1. The predicted molar refractivity (Wildman–Crippen MR) is 118 cm³/mol. The Labute approximate surface area is 173 Å². The highest BCUT2D eigenvalue weighted by atomic mass is 32.2. The molecule has 3 rings (SSSR count). The van der Waals surface area contributed by atoms with Crippen molar-refractivity contribution >= 4 is 17.7 Å². The molecule has 0 bridgehead atoms. The van der Waals surface area contributed by atoms with E-state index in [1.54, 1.807) is 0 Å². The van der Waals surface area contributed by atoms with Gasteiger partial charge in [0, 0.05) is 18.7 Å². The minimum absolute atomic E-state index is 0.0775. The van der Waals surface area contributed by atoms with Crippen LogP contribution in [0.4, 0.5) is 0 Å². The van der Waals surface area contributed by atoms with Crippen molar-refractivity contribution in [2.75, 3.05) is 12.3 Å². The molecule has 1 aliphatic rings. The molecular formula is C24H31NO2S. The third-order valence-electron chi connectivity index (χ3n) is 4.82. The van der Waals surface area contributed by atoms with Gasteiger partial charge in [0.05, 0.1) is 0 Å². The van der Waals surface area contributed by atoms with Crippen LogP contribution in [0.2, 0.25) is 0 Å². The lowest BCUT2D eigenvalue weighted by atomic mass is 9.84. The minimum atomic E-state index is 0.0775. The van der Waals surface area contributed by atoms with Crippen molar-refractivity contribution in [3.8, 4) is 11.5 Å². The average molecular weight is 398 g/mol. The van der Waals surface area contributed by atoms with E-state index in [0.29, 0.717) is 12.3 Å². The molecule has 1 heterocycles. The second kappa shape index (κ2) is 9.04. The Kier molecular flexibility index (Phi) is 6.71. The Morgan fingerprint density at radius 1 is 1.14 bits per heavy atom. The zero-order chi connectivity index (χ0) is 20.1. The van der Waals surface area contributed by atoms with E-state index in [2.05, 4.69) is 39.8 Å². The first-order valence-corrected chi connectivity index (χ1v) is 11.1. The average Bonchev–Trinajstić information content (AvgIpc) is 3.11. The Morgan fingerprint density at radius 3 is 2.57 bits per heavy atom. The van der Waals surface area contributed by atoms with E-state index in [1.807, 2.05) is 59.1 Å². The summed E-state index contributed by atoms with van der Waals surface area (Å²) in [7, 11) is 0. The van der Waals surface area contributed by atoms with Gasteiger partial charge in [-0.15, -0.1) is 11.8 Å². The topological polar surface area (TPSA) is 29.5 Å². The number of para-hydroxylation sites is 1. The number of thioether (sulfide) groups is 1. The molecule has 0 saturated carbocycles. The van der Waals surface area contributed by atoms with E-state index in [9.17, 15) is 4.79 Å². The van der Waals surface area contributed by atoms with E-state index < -0.39 is 0 Å². The number of hydrogen-bond donors (Lipinski definition) is 0. The van der Waals surface area contributed by atoms with Crippen molar-refractivity contribution in [1.29, 1.82) is 0 Å². The molecule has 0 spiro atoms. The molecule has 2 aromatic carbocycles. The quantitative estimate of drug-likeness (QED) is 0.556. The van der Waals surface area contributed by atoms with Crippen molar-refractivity contribution in [2.45, 2.75) is 45.9 Å². The van der Waals surface area contributed by atoms with Gasteiger partial charge in [0.1, 0.15) is 16.9 Å². The molecule has 1 fully saturated rings. The van der Waals surface area contributed by atoms with Gasteiger partial charge in [0.15, 0.2) is 0 Å². The van der Waals surface area contributed by atoms with Crippen molar-refractivity contribution in [3.63, 3.8) is 0 Å². The lowest BCUT2D eigenvalue weighted by molar-refractivity contribution is -0.132. The number of rotatable bonds is 6. The van der Waals surface area contributed by atoms with Gasteiger partial charge in [-0.05, 0) is 47.6 Å². The maximum Gasteiger partial charge on any atom is 0.224 e. The Morgan fingerprint density at radius 2 is 1.86 bits per heavy atom. The van der Waals surface area contributed by atoms with Crippen LogP contribution < -0.4 is 4.74 Å². The summed E-state index contributed by atoms with van der Waals surface area (Å²) in [4.78, 5) is 15.0. The molecule has 1 saturated heterocycles. The van der Waals surface area contributed by atoms with Gasteiger partial charge >= 0.3 is 0 Å². The Balaban J connectivity index is 1.68. The number of benzene rings is 2. The molecule has 1 amide bonds. The number of nitrogens with zero attached hydrogens (tertiary/aromatic N) is 1. The number of hydrogen-bond acceptors (Lipinski definition) is 3. The number of carbonyl (C=O) groups is 1. The number of amides is 1. The van der Waals surface area contributed by atoms with E-state index in [1.165, 1.54) is 0 Å². The summed E-state index contributed by atoms with van der Waals surface area (Å²) >= 11 is 1.84. The smallest absolute Gasteiger partial charge is 0.224 e. The molecule has 2 aromatic rings. The van der Waals surface area contributed by atoms with Crippen LogP contribution in [0.25, 0.3) is 0 Å². The summed E-state index contributed by atoms with van der Waals surface area (Å²) in [6, 6.07) is 17.9. The Bertz CT molecular complexity index is 785. The molecule has 3 nitrogen and oxygen atoms in total. The normalized spacial score (nSPS) is 18.1. The van der Waals surface area contributed by atoms with E-state index in [4.69, 9.17) is 4.74 Å². The lowest BCUT2D eigenvalue weighted by Gasteiger charge is -2.28. The van der Waals surface area contributed by atoms with Gasteiger partial charge in [-0.2, -0.15) is 0 Å². The van der Waals surface area contributed by atoms with Crippen LogP contribution >= 0.6 is 11.8 Å². The van der Waals surface area contributed by atoms with Gasteiger partial charge in [-0.1, -0.05) is 58.0 Å². The summed E-state index contributed by atoms with van der Waals surface area (Å²) in [5, 5.41) is 0.0775. The van der Waals surface area contributed by atoms with Crippen LogP contribution in [0.15, 0.2) is 54.6 Å². The van der Waals surface area contributed by atoms with Crippen molar-refractivity contribution < 1.29 is 9.53 Å². The molecule has 0 N–H and O–H groups in total. The molecule has 0 unspecified atom stereocenters. The molecule has 150 valence electrons. The summed E-state index contributed by atoms with van der Waals surface area (Å²) in [6.07, 6.45) is 1.68. The molecular weight excluding hydrogens is 366 g/mol. The summed E-state index contributed by atoms with van der Waals surface area (Å²) in [5.74, 6) is 3.27. The largest absolute Gasteiger partial charge is 0.457 e. The first-order chi connectivity index (χ1) is 13.3. The fourth-order valence-electron chi connectivity index (χ4n) is 3.89. The second-order valence-electron chi connectivity index (χ2n) is 8.87. The number of ether oxygens (including phenoxy) is 1. The fourth-order valence-corrected chi connectivity index (χ4v) is 5.16. The Hall–Kier alpha value is -1.94. The molecule has 0 aliphatic carbocycles. The van der Waals surface area contributed by atoms with Crippen molar-refractivity contribution in [1.82, 2.24) is 4.90 Å². The monoisotopic (exact) mass is 397 g/mol. The summed E-state index contributed by atoms with van der Waals surface area (Å²) in [5.41, 5.74) is 1.38. The highest BCUT2D eigenvalue weighted by Gasteiger charge is 2.31. The SMILES string of the molecule is C[C@H](CC(=O)N1CCS[C@H]1c1cccc(Oc2ccccc2)c1)CC(C)(C)C. The highest BCUT2D eigenvalue weighted by Crippen LogP contribution is 2.40. The fraction of sp³-hybridized carbons (Fsp3) is 0.458. The first-order valence-electron chi connectivity index (χ1n) is 10.1. The number of carbonyl (C=O) groups excluding carboxylic acids is 1. The van der Waals surface area contributed by atoms with Crippen LogP contribution in [0, 0.1) is 11.3 Å². The zero-order valence-corrected chi connectivity index (χ0v) is 18.2. The van der Waals surface area contributed by atoms with Crippen molar-refractivity contribution in [3.05, 3.63) is 60.2 Å². The van der Waals surface area contributed by atoms with Crippen LogP contribution in [0.5, 0.6) is 11.5 Å². The molecule has 4 heteroatoms. The molecule has 0 aromatic heterocycles. The second-order valence-corrected chi connectivity index (χ2v) is 10.1. The van der Waals surface area contributed by atoms with Crippen LogP contribution in [0.3, 0.4) is 0 Å². The highest BCUT2D eigenvalue weighted by molar-refractivity contribution is 7.99. The van der Waals surface area contributed by atoms with E-state index in [0.717, 1.165) is 35.8 Å². The molecule has 0 radical (unpaired) electrons. The van der Waals surface area contributed by atoms with Gasteiger partial charge in [0.2, 0.25) is 5.91 Å². The third kappa shape index (κ3) is 5.78. The molecule has 1 aliphatic heterocycles. The summed E-state index contributed by atoms with van der Waals surface area (Å²) in [6.45, 7) is 9.72. The van der Waals surface area contributed by atoms with Gasteiger partial charge in [-0.25, -0.2) is 0 Å². The zero-order valence-electron chi connectivity index (χ0n) is 17.4. The van der Waals surface area contributed by atoms with Gasteiger partial charge in [-0.3, -0.25) is 4.79 Å². The maximum absolute atomic E-state index is 13.0. The molecule has 28 heavy (non-hydrogen) atoms. The predicted octanol–water partition coefficient (Wildman–Crippen LogP) is 6.52. The lowest BCUT2D eigenvalue weighted by Crippen LogP contribution is -2.32. The summed E-state index contributed by atoms with van der Waals surface area (Å²) < 4.78 is 5.98. The van der Waals surface area contributed by atoms with Crippen molar-refractivity contribution in [2.24, 2.45) is 11.3 Å². The maximum atomic E-state index is 13.0. The van der Waals surface area contributed by atoms with E-state index >= 15 is 0 Å². The van der Waals surface area contributed by atoms with Crippen LogP contribution in [-0.4, -0.2) is 23.1 Å². The first kappa shape index (κ1) is 20.8.